The molecule has 96 valence electrons. The molecule has 0 aromatic heterocycles. The summed E-state index contributed by atoms with van der Waals surface area (Å²) >= 11 is 3.29. The van der Waals surface area contributed by atoms with Crippen LogP contribution in [0.2, 0.25) is 0 Å². The van der Waals surface area contributed by atoms with Crippen molar-refractivity contribution in [3.05, 3.63) is 28.7 Å². The molecule has 5 heteroatoms. The second-order valence-electron chi connectivity index (χ2n) is 4.04. The average molecular weight is 320 g/mol. The fourth-order valence-electron chi connectivity index (χ4n) is 1.34. The van der Waals surface area contributed by atoms with E-state index in [9.17, 15) is 8.42 Å². The summed E-state index contributed by atoms with van der Waals surface area (Å²) < 4.78 is 24.8. The Morgan fingerprint density at radius 2 is 1.88 bits per heavy atom. The Bertz CT molecular complexity index is 442. The Morgan fingerprint density at radius 3 is 2.41 bits per heavy atom. The van der Waals surface area contributed by atoms with Crippen LogP contribution in [-0.2, 0) is 9.84 Å². The molecular weight excluding hydrogens is 302 g/mol. The van der Waals surface area contributed by atoms with E-state index in [2.05, 4.69) is 28.2 Å². The van der Waals surface area contributed by atoms with Gasteiger partial charge in [0.2, 0.25) is 0 Å². The molecule has 0 saturated heterocycles. The summed E-state index contributed by atoms with van der Waals surface area (Å²) in [7, 11) is -3.16. The number of nitrogens with one attached hydrogen (secondary N) is 1. The van der Waals surface area contributed by atoms with Gasteiger partial charge in [-0.05, 0) is 37.6 Å². The maximum atomic E-state index is 12.0. The van der Waals surface area contributed by atoms with Crippen molar-refractivity contribution < 1.29 is 8.42 Å². The third-order valence-electron chi connectivity index (χ3n) is 2.65. The van der Waals surface area contributed by atoms with Crippen LogP contribution in [0.4, 0.5) is 0 Å². The van der Waals surface area contributed by atoms with E-state index < -0.39 is 9.84 Å². The molecule has 0 fully saturated rings. The quantitative estimate of drug-likeness (QED) is 0.876. The summed E-state index contributed by atoms with van der Waals surface area (Å²) in [5.74, 6) is 0.138. The molecular formula is C12H18BrNO2S. The number of sulfone groups is 1. The first kappa shape index (κ1) is 14.7. The third kappa shape index (κ3) is 4.77. The molecule has 17 heavy (non-hydrogen) atoms. The molecule has 1 N–H and O–H groups in total. The molecule has 1 unspecified atom stereocenters. The molecule has 1 rings (SSSR count). The third-order valence-corrected chi connectivity index (χ3v) is 4.91. The average Bonchev–Trinajstić information content (AvgIpc) is 2.29. The van der Waals surface area contributed by atoms with Gasteiger partial charge in [-0.1, -0.05) is 22.9 Å². The minimum atomic E-state index is -3.16. The van der Waals surface area contributed by atoms with Crippen LogP contribution in [0.3, 0.4) is 0 Å². The molecule has 0 spiro atoms. The Balaban J connectivity index is 2.60. The maximum Gasteiger partial charge on any atom is 0.179 e. The summed E-state index contributed by atoms with van der Waals surface area (Å²) in [5, 5.41) is 3.18. The second-order valence-corrected chi connectivity index (χ2v) is 7.06. The largest absolute Gasteiger partial charge is 0.313 e. The van der Waals surface area contributed by atoms with Gasteiger partial charge >= 0.3 is 0 Å². The highest BCUT2D eigenvalue weighted by atomic mass is 79.9. The van der Waals surface area contributed by atoms with Gasteiger partial charge in [-0.25, -0.2) is 8.42 Å². The van der Waals surface area contributed by atoms with Crippen molar-refractivity contribution >= 4 is 25.8 Å². The Kier molecular flexibility index (Phi) is 5.62. The van der Waals surface area contributed by atoms with Crippen LogP contribution in [0.25, 0.3) is 0 Å². The molecule has 3 nitrogen and oxygen atoms in total. The van der Waals surface area contributed by atoms with Gasteiger partial charge in [0.25, 0.3) is 0 Å². The summed E-state index contributed by atoms with van der Waals surface area (Å²) in [6, 6.07) is 7.10. The minimum absolute atomic E-state index is 0.138. The van der Waals surface area contributed by atoms with E-state index in [-0.39, 0.29) is 5.75 Å². The predicted molar refractivity (Wildman–Crippen MR) is 74.0 cm³/mol. The monoisotopic (exact) mass is 319 g/mol. The molecule has 1 aromatic carbocycles. The number of rotatable bonds is 6. The van der Waals surface area contributed by atoms with Gasteiger partial charge < -0.3 is 5.32 Å². The van der Waals surface area contributed by atoms with E-state index in [0.717, 1.165) is 10.9 Å². The standard InChI is InChI=1S/C12H18BrNO2S/c1-3-10(2)14-8-9-17(15,16)12-6-4-11(13)5-7-12/h4-7,10,14H,3,8-9H2,1-2H3. The summed E-state index contributed by atoms with van der Waals surface area (Å²) in [4.78, 5) is 0.381. The normalized spacial score (nSPS) is 13.6. The van der Waals surface area contributed by atoms with Crippen molar-refractivity contribution in [1.82, 2.24) is 5.32 Å². The molecule has 0 saturated carbocycles. The first-order chi connectivity index (χ1) is 7.95. The molecule has 0 radical (unpaired) electrons. The molecule has 1 atom stereocenters. The van der Waals surface area contributed by atoms with Crippen LogP contribution in [0.15, 0.2) is 33.6 Å². The lowest BCUT2D eigenvalue weighted by Gasteiger charge is -2.11. The van der Waals surface area contributed by atoms with Crippen LogP contribution in [-0.4, -0.2) is 26.8 Å². The fourth-order valence-corrected chi connectivity index (χ4v) is 2.78. The van der Waals surface area contributed by atoms with Gasteiger partial charge in [0.15, 0.2) is 9.84 Å². The predicted octanol–water partition coefficient (Wildman–Crippen LogP) is 2.61. The molecule has 0 aliphatic carbocycles. The number of hydrogen-bond donors (Lipinski definition) is 1. The van der Waals surface area contributed by atoms with Crippen molar-refractivity contribution in [1.29, 1.82) is 0 Å². The fraction of sp³-hybridized carbons (Fsp3) is 0.500. The molecule has 0 aliphatic rings. The number of benzene rings is 1. The smallest absolute Gasteiger partial charge is 0.179 e. The topological polar surface area (TPSA) is 46.2 Å². The Labute approximate surface area is 112 Å². The number of hydrogen-bond acceptors (Lipinski definition) is 3. The minimum Gasteiger partial charge on any atom is -0.313 e. The van der Waals surface area contributed by atoms with E-state index in [0.29, 0.717) is 17.5 Å². The summed E-state index contributed by atoms with van der Waals surface area (Å²) in [6.07, 6.45) is 0.998. The summed E-state index contributed by atoms with van der Waals surface area (Å²) in [5.41, 5.74) is 0. The lowest BCUT2D eigenvalue weighted by atomic mass is 10.3. The zero-order valence-corrected chi connectivity index (χ0v) is 12.5. The Morgan fingerprint density at radius 1 is 1.29 bits per heavy atom. The van der Waals surface area contributed by atoms with E-state index in [1.807, 2.05) is 6.92 Å². The van der Waals surface area contributed by atoms with Gasteiger partial charge in [0.05, 0.1) is 10.6 Å². The highest BCUT2D eigenvalue weighted by Crippen LogP contribution is 2.15. The van der Waals surface area contributed by atoms with Gasteiger partial charge in [-0.3, -0.25) is 0 Å². The molecule has 0 bridgehead atoms. The van der Waals surface area contributed by atoms with E-state index >= 15 is 0 Å². The van der Waals surface area contributed by atoms with Crippen molar-refractivity contribution in [2.24, 2.45) is 0 Å². The van der Waals surface area contributed by atoms with Crippen molar-refractivity contribution in [2.45, 2.75) is 31.2 Å². The van der Waals surface area contributed by atoms with E-state index in [1.165, 1.54) is 0 Å². The lowest BCUT2D eigenvalue weighted by Crippen LogP contribution is -2.30. The van der Waals surface area contributed by atoms with Crippen LogP contribution < -0.4 is 5.32 Å². The maximum absolute atomic E-state index is 12.0. The van der Waals surface area contributed by atoms with Crippen molar-refractivity contribution in [2.75, 3.05) is 12.3 Å². The highest BCUT2D eigenvalue weighted by molar-refractivity contribution is 9.10. The zero-order chi connectivity index (χ0) is 12.9. The van der Waals surface area contributed by atoms with Crippen molar-refractivity contribution in [3.8, 4) is 0 Å². The number of halogens is 1. The van der Waals surface area contributed by atoms with Gasteiger partial charge in [-0.15, -0.1) is 0 Å². The molecule has 0 amide bonds. The zero-order valence-electron chi connectivity index (χ0n) is 10.1. The molecule has 0 heterocycles. The van der Waals surface area contributed by atoms with Gasteiger partial charge in [0.1, 0.15) is 0 Å². The van der Waals surface area contributed by atoms with Gasteiger partial charge in [0, 0.05) is 17.1 Å². The van der Waals surface area contributed by atoms with E-state index in [1.54, 1.807) is 24.3 Å². The lowest BCUT2D eigenvalue weighted by molar-refractivity contribution is 0.544. The van der Waals surface area contributed by atoms with Gasteiger partial charge in [-0.2, -0.15) is 0 Å². The summed E-state index contributed by atoms with van der Waals surface area (Å²) in [6.45, 7) is 4.61. The highest BCUT2D eigenvalue weighted by Gasteiger charge is 2.13. The van der Waals surface area contributed by atoms with E-state index in [4.69, 9.17) is 0 Å². The van der Waals surface area contributed by atoms with Crippen LogP contribution >= 0.6 is 15.9 Å². The van der Waals surface area contributed by atoms with Crippen molar-refractivity contribution in [3.63, 3.8) is 0 Å². The molecule has 1 aromatic rings. The SMILES string of the molecule is CCC(C)NCCS(=O)(=O)c1ccc(Br)cc1. The van der Waals surface area contributed by atoms with Crippen LogP contribution in [0.5, 0.6) is 0 Å². The first-order valence-corrected chi connectivity index (χ1v) is 8.12. The first-order valence-electron chi connectivity index (χ1n) is 5.67. The second kappa shape index (κ2) is 6.52. The van der Waals surface area contributed by atoms with Crippen LogP contribution in [0.1, 0.15) is 20.3 Å². The Hall–Kier alpha value is -0.390. The van der Waals surface area contributed by atoms with Crippen LogP contribution in [0, 0.1) is 0 Å². The molecule has 0 aliphatic heterocycles.